The first kappa shape index (κ1) is 19.8. The number of ether oxygens (including phenoxy) is 1. The second-order valence-corrected chi connectivity index (χ2v) is 7.45. The molecule has 0 bridgehead atoms. The zero-order valence-corrected chi connectivity index (χ0v) is 15.4. The number of amides is 2. The van der Waals surface area contributed by atoms with Crippen LogP contribution in [0.15, 0.2) is 24.3 Å². The van der Waals surface area contributed by atoms with E-state index in [0.29, 0.717) is 13.0 Å². The van der Waals surface area contributed by atoms with Crippen LogP contribution in [0.25, 0.3) is 0 Å². The highest BCUT2D eigenvalue weighted by Crippen LogP contribution is 2.19. The highest BCUT2D eigenvalue weighted by Gasteiger charge is 2.34. The molecule has 0 saturated carbocycles. The average molecular weight is 362 g/mol. The van der Waals surface area contributed by atoms with Crippen LogP contribution >= 0.6 is 0 Å². The molecule has 2 amide bonds. The van der Waals surface area contributed by atoms with Crippen molar-refractivity contribution in [1.29, 1.82) is 0 Å². The number of aldehydes is 1. The van der Waals surface area contributed by atoms with E-state index >= 15 is 0 Å². The third-order valence-electron chi connectivity index (χ3n) is 4.10. The maximum Gasteiger partial charge on any atom is 0.408 e. The normalized spacial score (nSPS) is 18.3. The zero-order chi connectivity index (χ0) is 19.3. The Morgan fingerprint density at radius 3 is 2.58 bits per heavy atom. The number of phenolic OH excluding ortho intramolecular Hbond substituents is 1. The summed E-state index contributed by atoms with van der Waals surface area (Å²) >= 11 is 0. The van der Waals surface area contributed by atoms with Crippen molar-refractivity contribution < 1.29 is 24.2 Å². The number of carbonyl (C=O) groups excluding carboxylic acids is 3. The van der Waals surface area contributed by atoms with Gasteiger partial charge in [-0.05, 0) is 51.3 Å². The molecule has 0 radical (unpaired) electrons. The first-order chi connectivity index (χ1) is 12.2. The number of nitrogens with zero attached hydrogens (tertiary/aromatic N) is 1. The van der Waals surface area contributed by atoms with Gasteiger partial charge in [0.1, 0.15) is 23.7 Å². The summed E-state index contributed by atoms with van der Waals surface area (Å²) in [5.74, 6) is -0.184. The molecular weight excluding hydrogens is 336 g/mol. The van der Waals surface area contributed by atoms with Gasteiger partial charge in [0.05, 0.1) is 6.04 Å². The van der Waals surface area contributed by atoms with Crippen molar-refractivity contribution in [3.05, 3.63) is 29.8 Å². The van der Waals surface area contributed by atoms with Crippen molar-refractivity contribution in [2.24, 2.45) is 0 Å². The van der Waals surface area contributed by atoms with Crippen molar-refractivity contribution in [2.75, 3.05) is 6.54 Å². The lowest BCUT2D eigenvalue weighted by atomic mass is 10.0. The van der Waals surface area contributed by atoms with Gasteiger partial charge in [-0.3, -0.25) is 4.79 Å². The fourth-order valence-electron chi connectivity index (χ4n) is 2.93. The Morgan fingerprint density at radius 1 is 1.35 bits per heavy atom. The standard InChI is InChI=1S/C19H26N2O5/c1-19(2,3)26-18(25)20-16(11-13-6-8-15(23)9-7-13)17(24)21-10-4-5-14(21)12-22/h6-9,12,14,16,23H,4-5,10-11H2,1-3H3,(H,20,25). The fourth-order valence-corrected chi connectivity index (χ4v) is 2.93. The van der Waals surface area contributed by atoms with Crippen LogP contribution in [0.2, 0.25) is 0 Å². The number of likely N-dealkylation sites (tertiary alicyclic amines) is 1. The van der Waals surface area contributed by atoms with Gasteiger partial charge in [-0.25, -0.2) is 4.79 Å². The largest absolute Gasteiger partial charge is 0.508 e. The molecule has 7 heteroatoms. The van der Waals surface area contributed by atoms with Gasteiger partial charge in [-0.1, -0.05) is 12.1 Å². The van der Waals surface area contributed by atoms with Crippen molar-refractivity contribution >= 4 is 18.3 Å². The van der Waals surface area contributed by atoms with Crippen molar-refractivity contribution in [3.63, 3.8) is 0 Å². The molecule has 142 valence electrons. The van der Waals surface area contributed by atoms with E-state index in [0.717, 1.165) is 18.3 Å². The van der Waals surface area contributed by atoms with Gasteiger partial charge in [0, 0.05) is 13.0 Å². The Kier molecular flexibility index (Phi) is 6.23. The number of carbonyl (C=O) groups is 3. The van der Waals surface area contributed by atoms with E-state index < -0.39 is 23.8 Å². The minimum absolute atomic E-state index is 0.122. The third-order valence-corrected chi connectivity index (χ3v) is 4.10. The summed E-state index contributed by atoms with van der Waals surface area (Å²) in [6.07, 6.45) is 1.72. The Bertz CT molecular complexity index is 651. The highest BCUT2D eigenvalue weighted by atomic mass is 16.6. The van der Waals surface area contributed by atoms with E-state index in [1.165, 1.54) is 17.0 Å². The van der Waals surface area contributed by atoms with Crippen LogP contribution in [0.5, 0.6) is 5.75 Å². The van der Waals surface area contributed by atoms with Crippen molar-refractivity contribution in [3.8, 4) is 5.75 Å². The Labute approximate surface area is 153 Å². The van der Waals surface area contributed by atoms with Crippen LogP contribution in [-0.4, -0.2) is 52.5 Å². The molecule has 2 atom stereocenters. The number of rotatable bonds is 5. The monoisotopic (exact) mass is 362 g/mol. The molecule has 0 aromatic heterocycles. The number of nitrogens with one attached hydrogen (secondary N) is 1. The van der Waals surface area contributed by atoms with E-state index in [2.05, 4.69) is 5.32 Å². The number of phenols is 1. The van der Waals surface area contributed by atoms with E-state index in [1.807, 2.05) is 0 Å². The first-order valence-electron chi connectivity index (χ1n) is 8.73. The second-order valence-electron chi connectivity index (χ2n) is 7.45. The summed E-state index contributed by atoms with van der Waals surface area (Å²) in [6.45, 7) is 5.72. The summed E-state index contributed by atoms with van der Waals surface area (Å²) in [5.41, 5.74) is 0.0916. The van der Waals surface area contributed by atoms with Gasteiger partial charge in [0.25, 0.3) is 0 Å². The maximum atomic E-state index is 12.9. The molecule has 2 unspecified atom stereocenters. The Hall–Kier alpha value is -2.57. The summed E-state index contributed by atoms with van der Waals surface area (Å²) in [6, 6.07) is 5.12. The number of alkyl carbamates (subject to hydrolysis) is 1. The van der Waals surface area contributed by atoms with Crippen LogP contribution in [-0.2, 0) is 20.7 Å². The molecule has 1 aliphatic heterocycles. The molecule has 2 N–H and O–H groups in total. The van der Waals surface area contributed by atoms with Gasteiger partial charge in [0.15, 0.2) is 0 Å². The fraction of sp³-hybridized carbons (Fsp3) is 0.526. The van der Waals surface area contributed by atoms with Gasteiger partial charge in [-0.2, -0.15) is 0 Å². The lowest BCUT2D eigenvalue weighted by Gasteiger charge is -2.28. The minimum atomic E-state index is -0.852. The lowest BCUT2D eigenvalue weighted by Crippen LogP contribution is -2.52. The molecule has 1 aliphatic rings. The summed E-state index contributed by atoms with van der Waals surface area (Å²) < 4.78 is 5.26. The maximum absolute atomic E-state index is 12.9. The Morgan fingerprint density at radius 2 is 2.00 bits per heavy atom. The molecule has 26 heavy (non-hydrogen) atoms. The topological polar surface area (TPSA) is 95.9 Å². The van der Waals surface area contributed by atoms with Crippen molar-refractivity contribution in [2.45, 2.75) is 57.7 Å². The van der Waals surface area contributed by atoms with Crippen LogP contribution in [0.3, 0.4) is 0 Å². The van der Waals surface area contributed by atoms with E-state index in [1.54, 1.807) is 32.9 Å². The zero-order valence-electron chi connectivity index (χ0n) is 15.4. The third kappa shape index (κ3) is 5.47. The molecule has 1 fully saturated rings. The van der Waals surface area contributed by atoms with Gasteiger partial charge >= 0.3 is 6.09 Å². The number of benzene rings is 1. The van der Waals surface area contributed by atoms with E-state index in [9.17, 15) is 19.5 Å². The predicted molar refractivity (Wildman–Crippen MR) is 95.8 cm³/mol. The molecule has 1 aromatic carbocycles. The average Bonchev–Trinajstić information content (AvgIpc) is 3.02. The lowest BCUT2D eigenvalue weighted by molar-refractivity contribution is -0.136. The minimum Gasteiger partial charge on any atom is -0.508 e. The molecular formula is C19H26N2O5. The van der Waals surface area contributed by atoms with Crippen LogP contribution in [0, 0.1) is 0 Å². The second kappa shape index (κ2) is 8.21. The van der Waals surface area contributed by atoms with Crippen LogP contribution < -0.4 is 5.32 Å². The molecule has 7 nitrogen and oxygen atoms in total. The van der Waals surface area contributed by atoms with Gasteiger partial charge in [0.2, 0.25) is 5.91 Å². The predicted octanol–water partition coefficient (Wildman–Crippen LogP) is 2.02. The first-order valence-corrected chi connectivity index (χ1v) is 8.73. The number of aromatic hydroxyl groups is 1. The number of hydrogen-bond donors (Lipinski definition) is 2. The molecule has 2 rings (SSSR count). The molecule has 1 saturated heterocycles. The SMILES string of the molecule is CC(C)(C)OC(=O)NC(Cc1ccc(O)cc1)C(=O)N1CCCC1C=O. The highest BCUT2D eigenvalue weighted by molar-refractivity contribution is 5.88. The van der Waals surface area contributed by atoms with E-state index in [-0.39, 0.29) is 18.1 Å². The van der Waals surface area contributed by atoms with Gasteiger partial charge in [-0.15, -0.1) is 0 Å². The van der Waals surface area contributed by atoms with Crippen LogP contribution in [0.4, 0.5) is 4.79 Å². The smallest absolute Gasteiger partial charge is 0.408 e. The summed E-state index contributed by atoms with van der Waals surface area (Å²) in [7, 11) is 0. The van der Waals surface area contributed by atoms with E-state index in [4.69, 9.17) is 4.74 Å². The summed E-state index contributed by atoms with van der Waals surface area (Å²) in [5, 5.41) is 12.0. The molecule has 1 heterocycles. The molecule has 0 spiro atoms. The Balaban J connectivity index is 2.16. The number of hydrogen-bond acceptors (Lipinski definition) is 5. The van der Waals surface area contributed by atoms with Crippen LogP contribution in [0.1, 0.15) is 39.2 Å². The van der Waals surface area contributed by atoms with Gasteiger partial charge < -0.3 is 24.9 Å². The van der Waals surface area contributed by atoms with Crippen molar-refractivity contribution in [1.82, 2.24) is 10.2 Å². The quantitative estimate of drug-likeness (QED) is 0.781. The summed E-state index contributed by atoms with van der Waals surface area (Å²) in [4.78, 5) is 37.8. The molecule has 1 aromatic rings. The molecule has 0 aliphatic carbocycles.